The number of hydrogen-bond acceptors (Lipinski definition) is 1. The van der Waals surface area contributed by atoms with Gasteiger partial charge in [0.15, 0.2) is 0 Å². The zero-order chi connectivity index (χ0) is 16.6. The van der Waals surface area contributed by atoms with Gasteiger partial charge in [-0.3, -0.25) is 0 Å². The average molecular weight is 315 g/mol. The third-order valence-electron chi connectivity index (χ3n) is 4.69. The number of benzene rings is 3. The summed E-state index contributed by atoms with van der Waals surface area (Å²) < 4.78 is 0. The molecular weight excluding hydrogens is 290 g/mol. The van der Waals surface area contributed by atoms with Crippen molar-refractivity contribution in [2.75, 3.05) is 6.54 Å². The van der Waals surface area contributed by atoms with Gasteiger partial charge in [0.05, 0.1) is 0 Å². The van der Waals surface area contributed by atoms with E-state index in [1.165, 1.54) is 16.7 Å². The van der Waals surface area contributed by atoms with Crippen LogP contribution in [-0.2, 0) is 6.54 Å². The second-order valence-corrected chi connectivity index (χ2v) is 6.33. The van der Waals surface area contributed by atoms with E-state index in [-0.39, 0.29) is 0 Å². The molecule has 2 atom stereocenters. The number of hydrogen-bond donors (Lipinski definition) is 1. The summed E-state index contributed by atoms with van der Waals surface area (Å²) in [6.07, 6.45) is 0. The summed E-state index contributed by atoms with van der Waals surface area (Å²) in [4.78, 5) is 0. The summed E-state index contributed by atoms with van der Waals surface area (Å²) in [5, 5.41) is 3.65. The highest BCUT2D eigenvalue weighted by Gasteiger charge is 2.20. The minimum absolute atomic E-state index is 0.456. The summed E-state index contributed by atoms with van der Waals surface area (Å²) in [6.45, 7) is 4.21. The highest BCUT2D eigenvalue weighted by atomic mass is 14.9. The largest absolute Gasteiger partial charge is 0.312 e. The molecule has 1 N–H and O–H groups in total. The van der Waals surface area contributed by atoms with Gasteiger partial charge in [0.2, 0.25) is 0 Å². The van der Waals surface area contributed by atoms with E-state index in [1.807, 2.05) is 0 Å². The van der Waals surface area contributed by atoms with Crippen molar-refractivity contribution in [2.45, 2.75) is 25.3 Å². The zero-order valence-corrected chi connectivity index (χ0v) is 14.2. The molecule has 0 aliphatic rings. The fourth-order valence-corrected chi connectivity index (χ4v) is 3.24. The maximum absolute atomic E-state index is 3.65. The third kappa shape index (κ3) is 4.33. The maximum Gasteiger partial charge on any atom is 0.0205 e. The van der Waals surface area contributed by atoms with Crippen LogP contribution < -0.4 is 5.32 Å². The van der Waals surface area contributed by atoms with Crippen LogP contribution in [0.4, 0.5) is 0 Å². The van der Waals surface area contributed by atoms with E-state index < -0.39 is 0 Å². The Morgan fingerprint density at radius 2 is 1.17 bits per heavy atom. The smallest absolute Gasteiger partial charge is 0.0205 e. The first-order chi connectivity index (χ1) is 11.8. The maximum atomic E-state index is 3.65. The summed E-state index contributed by atoms with van der Waals surface area (Å²) in [7, 11) is 0. The lowest BCUT2D eigenvalue weighted by Gasteiger charge is -2.25. The average Bonchev–Trinajstić information content (AvgIpc) is 2.67. The number of nitrogens with one attached hydrogen (secondary N) is 1. The van der Waals surface area contributed by atoms with Gasteiger partial charge >= 0.3 is 0 Å². The van der Waals surface area contributed by atoms with E-state index in [9.17, 15) is 0 Å². The van der Waals surface area contributed by atoms with Gasteiger partial charge in [-0.2, -0.15) is 0 Å². The van der Waals surface area contributed by atoms with Crippen LogP contribution in [0, 0.1) is 0 Å². The quantitative estimate of drug-likeness (QED) is 0.618. The second-order valence-electron chi connectivity index (χ2n) is 6.33. The van der Waals surface area contributed by atoms with Gasteiger partial charge in [-0.15, -0.1) is 0 Å². The van der Waals surface area contributed by atoms with E-state index in [0.29, 0.717) is 11.8 Å². The molecule has 0 heterocycles. The van der Waals surface area contributed by atoms with Crippen LogP contribution in [0.5, 0.6) is 0 Å². The summed E-state index contributed by atoms with van der Waals surface area (Å²) in [6, 6.07) is 32.3. The summed E-state index contributed by atoms with van der Waals surface area (Å²) in [5.74, 6) is 0.925. The van der Waals surface area contributed by atoms with Gasteiger partial charge < -0.3 is 5.32 Å². The lowest BCUT2D eigenvalue weighted by atomic mass is 9.82. The van der Waals surface area contributed by atoms with Crippen molar-refractivity contribution >= 4 is 0 Å². The van der Waals surface area contributed by atoms with Crippen molar-refractivity contribution in [1.29, 1.82) is 0 Å². The molecule has 0 bridgehead atoms. The summed E-state index contributed by atoms with van der Waals surface area (Å²) >= 11 is 0. The molecule has 0 radical (unpaired) electrons. The molecular formula is C23H25N. The monoisotopic (exact) mass is 315 g/mol. The van der Waals surface area contributed by atoms with Gasteiger partial charge in [-0.25, -0.2) is 0 Å². The highest BCUT2D eigenvalue weighted by Crippen LogP contribution is 2.32. The van der Waals surface area contributed by atoms with Crippen molar-refractivity contribution in [3.05, 3.63) is 108 Å². The van der Waals surface area contributed by atoms with Crippen LogP contribution in [0.15, 0.2) is 91.0 Å². The predicted molar refractivity (Wildman–Crippen MR) is 102 cm³/mol. The Hall–Kier alpha value is -2.38. The Labute approximate surface area is 145 Å². The van der Waals surface area contributed by atoms with E-state index >= 15 is 0 Å². The van der Waals surface area contributed by atoms with Gasteiger partial charge in [0.25, 0.3) is 0 Å². The minimum Gasteiger partial charge on any atom is -0.312 e. The van der Waals surface area contributed by atoms with Crippen LogP contribution >= 0.6 is 0 Å². The highest BCUT2D eigenvalue weighted by molar-refractivity contribution is 5.28. The van der Waals surface area contributed by atoms with Crippen LogP contribution in [0.3, 0.4) is 0 Å². The molecule has 0 saturated heterocycles. The Balaban J connectivity index is 1.73. The molecule has 1 heteroatoms. The minimum atomic E-state index is 0.456. The van der Waals surface area contributed by atoms with Crippen molar-refractivity contribution in [1.82, 2.24) is 5.32 Å². The molecule has 0 aliphatic carbocycles. The second kappa shape index (κ2) is 8.47. The predicted octanol–water partition coefficient (Wildman–Crippen LogP) is 5.36. The van der Waals surface area contributed by atoms with Crippen LogP contribution in [-0.4, -0.2) is 6.54 Å². The first kappa shape index (κ1) is 16.5. The molecule has 0 aliphatic heterocycles. The van der Waals surface area contributed by atoms with Gasteiger partial charge in [-0.05, 0) is 22.6 Å². The van der Waals surface area contributed by atoms with Crippen LogP contribution in [0.1, 0.15) is 35.4 Å². The Morgan fingerprint density at radius 1 is 0.667 bits per heavy atom. The van der Waals surface area contributed by atoms with Crippen molar-refractivity contribution in [3.63, 3.8) is 0 Å². The van der Waals surface area contributed by atoms with E-state index in [1.54, 1.807) is 0 Å². The van der Waals surface area contributed by atoms with Gasteiger partial charge in [-0.1, -0.05) is 97.9 Å². The van der Waals surface area contributed by atoms with Crippen LogP contribution in [0.2, 0.25) is 0 Å². The summed E-state index contributed by atoms with van der Waals surface area (Å²) in [5.41, 5.74) is 4.12. The lowest BCUT2D eigenvalue weighted by molar-refractivity contribution is 0.517. The van der Waals surface area contributed by atoms with Gasteiger partial charge in [0, 0.05) is 19.0 Å². The Kier molecular flexibility index (Phi) is 5.81. The van der Waals surface area contributed by atoms with Gasteiger partial charge in [0.1, 0.15) is 0 Å². The topological polar surface area (TPSA) is 12.0 Å². The van der Waals surface area contributed by atoms with Crippen molar-refractivity contribution in [3.8, 4) is 0 Å². The normalized spacial score (nSPS) is 13.4. The first-order valence-corrected chi connectivity index (χ1v) is 8.69. The van der Waals surface area contributed by atoms with Crippen LogP contribution in [0.25, 0.3) is 0 Å². The Bertz CT molecular complexity index is 707. The SMILES string of the molecule is C[C@H](c1ccccc1)[C@@H](CNCc1ccccc1)c1ccccc1. The zero-order valence-electron chi connectivity index (χ0n) is 14.2. The fraction of sp³-hybridized carbons (Fsp3) is 0.217. The standard InChI is InChI=1S/C23H25N/c1-19(21-13-7-3-8-14-21)23(22-15-9-4-10-16-22)18-24-17-20-11-5-2-6-12-20/h2-16,19,23-24H,17-18H2,1H3/t19-,23-/m1/s1. The molecule has 0 aromatic heterocycles. The molecule has 122 valence electrons. The molecule has 1 nitrogen and oxygen atoms in total. The molecule has 0 spiro atoms. The van der Waals surface area contributed by atoms with Crippen molar-refractivity contribution < 1.29 is 0 Å². The molecule has 3 aromatic carbocycles. The number of rotatable bonds is 7. The van der Waals surface area contributed by atoms with E-state index in [0.717, 1.165) is 13.1 Å². The third-order valence-corrected chi connectivity index (χ3v) is 4.69. The molecule has 24 heavy (non-hydrogen) atoms. The Morgan fingerprint density at radius 3 is 1.75 bits per heavy atom. The molecule has 0 saturated carbocycles. The molecule has 0 amide bonds. The fourth-order valence-electron chi connectivity index (χ4n) is 3.24. The van der Waals surface area contributed by atoms with E-state index in [2.05, 4.69) is 103 Å². The van der Waals surface area contributed by atoms with Crippen molar-refractivity contribution in [2.24, 2.45) is 0 Å². The lowest BCUT2D eigenvalue weighted by Crippen LogP contribution is -2.24. The molecule has 0 unspecified atom stereocenters. The molecule has 3 rings (SSSR count). The molecule has 0 fully saturated rings. The van der Waals surface area contributed by atoms with E-state index in [4.69, 9.17) is 0 Å². The first-order valence-electron chi connectivity index (χ1n) is 8.69. The molecule has 3 aromatic rings.